The van der Waals surface area contributed by atoms with Crippen LogP contribution in [0.5, 0.6) is 5.75 Å². The first-order chi connectivity index (χ1) is 28.0. The molecule has 2 unspecified atom stereocenters. The highest BCUT2D eigenvalue weighted by Gasteiger charge is 2.37. The quantitative estimate of drug-likeness (QED) is 0.0775. The standard InChI is InChI=1S/C43H51N11O4/c1-5-53-17-10-29-19-33(51-38(36(29)40(53)55)47-24-27-7-12-42(3,57)22-27)49-32-21-31(9-14-45-32)58-43(4)13-8-28(23-43)25-48-39-37-30(11-18-54(6-2)41(37)56)20-34(52-39)50-35-26-44-15-16-46-35/h9-11,14-21,26-28,57H,5-8,12-13,22-25H2,1-4H3,(H2,45,47,49,51)(H2,46,48,50,52)/t27?,28?,42-,43-/m1/s1. The molecule has 15 nitrogen and oxygen atoms in total. The molecule has 8 rings (SSSR count). The second-order valence-electron chi connectivity index (χ2n) is 16.2. The third kappa shape index (κ3) is 8.44. The maximum Gasteiger partial charge on any atom is 0.262 e. The van der Waals surface area contributed by atoms with Gasteiger partial charge in [-0.05, 0) is 119 Å². The number of nitrogens with zero attached hydrogens (tertiary/aromatic N) is 7. The lowest BCUT2D eigenvalue weighted by Gasteiger charge is -2.26. The predicted molar refractivity (Wildman–Crippen MR) is 228 cm³/mol. The summed E-state index contributed by atoms with van der Waals surface area (Å²) in [7, 11) is 0. The van der Waals surface area contributed by atoms with E-state index in [1.54, 1.807) is 40.1 Å². The molecule has 0 radical (unpaired) electrons. The molecule has 15 heteroatoms. The number of hydrogen-bond acceptors (Lipinski definition) is 13. The van der Waals surface area contributed by atoms with Gasteiger partial charge in [-0.3, -0.25) is 14.6 Å². The normalized spacial score (nSPS) is 21.7. The molecule has 4 atom stereocenters. The molecule has 0 spiro atoms. The fourth-order valence-corrected chi connectivity index (χ4v) is 8.53. The van der Waals surface area contributed by atoms with Crippen LogP contribution < -0.4 is 37.1 Å². The Morgan fingerprint density at radius 3 is 1.90 bits per heavy atom. The molecule has 302 valence electrons. The summed E-state index contributed by atoms with van der Waals surface area (Å²) in [6.07, 6.45) is 15.1. The molecule has 2 fully saturated rings. The van der Waals surface area contributed by atoms with Crippen molar-refractivity contribution in [2.24, 2.45) is 11.8 Å². The molecule has 2 aliphatic carbocycles. The number of pyridine rings is 5. The van der Waals surface area contributed by atoms with E-state index < -0.39 is 11.2 Å². The number of nitrogens with one attached hydrogen (secondary N) is 4. The van der Waals surface area contributed by atoms with Gasteiger partial charge in [-0.25, -0.2) is 19.9 Å². The van der Waals surface area contributed by atoms with Crippen molar-refractivity contribution >= 4 is 56.5 Å². The minimum atomic E-state index is -0.663. The van der Waals surface area contributed by atoms with Crippen molar-refractivity contribution in [1.29, 1.82) is 0 Å². The average molecular weight is 786 g/mol. The maximum atomic E-state index is 13.5. The number of hydrogen-bond donors (Lipinski definition) is 5. The highest BCUT2D eigenvalue weighted by Crippen LogP contribution is 2.39. The molecular weight excluding hydrogens is 735 g/mol. The first-order valence-corrected chi connectivity index (χ1v) is 20.2. The van der Waals surface area contributed by atoms with E-state index in [2.05, 4.69) is 43.1 Å². The first kappa shape index (κ1) is 38.8. The van der Waals surface area contributed by atoms with E-state index in [-0.39, 0.29) is 23.0 Å². The second kappa shape index (κ2) is 16.0. The SMILES string of the molecule is CCn1ccc2cc(Nc3cc(O[C@]4(C)CCC(CNc5nc(Nc6cnccn6)cc6ccn(CC)c(=O)c56)C4)ccn3)nc(NCC3CC[C@@](C)(O)C3)c2c1=O. The molecule has 0 amide bonds. The highest BCUT2D eigenvalue weighted by atomic mass is 16.5. The molecule has 6 aromatic heterocycles. The number of rotatable bonds is 14. The van der Waals surface area contributed by atoms with Crippen LogP contribution in [0, 0.1) is 11.8 Å². The van der Waals surface area contributed by atoms with Gasteiger partial charge in [0, 0.05) is 63.2 Å². The molecule has 6 aromatic rings. The summed E-state index contributed by atoms with van der Waals surface area (Å²) < 4.78 is 10.0. The highest BCUT2D eigenvalue weighted by molar-refractivity contribution is 5.94. The summed E-state index contributed by atoms with van der Waals surface area (Å²) in [4.78, 5) is 49.7. The van der Waals surface area contributed by atoms with E-state index >= 15 is 0 Å². The van der Waals surface area contributed by atoms with E-state index in [1.165, 1.54) is 0 Å². The smallest absolute Gasteiger partial charge is 0.262 e. The summed E-state index contributed by atoms with van der Waals surface area (Å²) in [6, 6.07) is 11.3. The number of aliphatic hydroxyl groups is 1. The van der Waals surface area contributed by atoms with Crippen molar-refractivity contribution < 1.29 is 9.84 Å². The van der Waals surface area contributed by atoms with Crippen molar-refractivity contribution in [2.45, 2.75) is 90.5 Å². The van der Waals surface area contributed by atoms with Gasteiger partial charge in [0.05, 0.1) is 22.6 Å². The lowest BCUT2D eigenvalue weighted by Crippen LogP contribution is -2.29. The third-order valence-electron chi connectivity index (χ3n) is 11.5. The first-order valence-electron chi connectivity index (χ1n) is 20.2. The van der Waals surface area contributed by atoms with Crippen molar-refractivity contribution in [3.63, 3.8) is 0 Å². The van der Waals surface area contributed by atoms with E-state index in [4.69, 9.17) is 14.7 Å². The van der Waals surface area contributed by atoms with Gasteiger partial charge in [0.2, 0.25) is 0 Å². The van der Waals surface area contributed by atoms with E-state index in [1.807, 2.05) is 63.4 Å². The van der Waals surface area contributed by atoms with E-state index in [9.17, 15) is 14.7 Å². The van der Waals surface area contributed by atoms with Crippen LogP contribution in [-0.4, -0.2) is 63.5 Å². The Hall–Kier alpha value is -6.09. The van der Waals surface area contributed by atoms with Crippen molar-refractivity contribution in [3.8, 4) is 5.75 Å². The Balaban J connectivity index is 0.962. The Labute approximate surface area is 336 Å². The lowest BCUT2D eigenvalue weighted by atomic mass is 10.0. The lowest BCUT2D eigenvalue weighted by molar-refractivity contribution is 0.0641. The average Bonchev–Trinajstić information content (AvgIpc) is 3.76. The fourth-order valence-electron chi connectivity index (χ4n) is 8.53. The molecule has 2 aliphatic rings. The van der Waals surface area contributed by atoms with E-state index in [0.717, 1.165) is 42.9 Å². The maximum absolute atomic E-state index is 13.5. The van der Waals surface area contributed by atoms with Crippen molar-refractivity contribution in [3.05, 3.63) is 94.3 Å². The monoisotopic (exact) mass is 785 g/mol. The van der Waals surface area contributed by atoms with E-state index in [0.29, 0.717) is 84.0 Å². The van der Waals surface area contributed by atoms with Crippen LogP contribution in [0.2, 0.25) is 0 Å². The van der Waals surface area contributed by atoms with Gasteiger partial charge in [0.15, 0.2) is 0 Å². The van der Waals surface area contributed by atoms with Crippen LogP contribution in [-0.2, 0) is 13.1 Å². The van der Waals surface area contributed by atoms with Crippen molar-refractivity contribution in [1.82, 2.24) is 34.1 Å². The van der Waals surface area contributed by atoms with Gasteiger partial charge in [0.25, 0.3) is 11.1 Å². The van der Waals surface area contributed by atoms with Gasteiger partial charge < -0.3 is 40.2 Å². The van der Waals surface area contributed by atoms with Crippen LogP contribution in [0.3, 0.4) is 0 Å². The minimum Gasteiger partial charge on any atom is -0.487 e. The van der Waals surface area contributed by atoms with Gasteiger partial charge in [0.1, 0.15) is 46.3 Å². The number of aromatic nitrogens is 7. The van der Waals surface area contributed by atoms with Crippen LogP contribution in [0.15, 0.2) is 83.2 Å². The topological polar surface area (TPSA) is 186 Å². The summed E-state index contributed by atoms with van der Waals surface area (Å²) in [5.74, 6) is 4.51. The summed E-state index contributed by atoms with van der Waals surface area (Å²) in [6.45, 7) is 10.2. The predicted octanol–water partition coefficient (Wildman–Crippen LogP) is 6.83. The third-order valence-corrected chi connectivity index (χ3v) is 11.5. The Bertz CT molecular complexity index is 2560. The molecule has 2 saturated carbocycles. The number of ether oxygens (including phenoxy) is 1. The molecule has 0 aliphatic heterocycles. The molecule has 0 aromatic carbocycles. The summed E-state index contributed by atoms with van der Waals surface area (Å²) in [5.41, 5.74) is -1.27. The molecule has 6 heterocycles. The largest absolute Gasteiger partial charge is 0.487 e. The molecular formula is C43H51N11O4. The summed E-state index contributed by atoms with van der Waals surface area (Å²) in [5, 5.41) is 26.7. The van der Waals surface area contributed by atoms with Crippen LogP contribution in [0.25, 0.3) is 21.5 Å². The summed E-state index contributed by atoms with van der Waals surface area (Å²) >= 11 is 0. The minimum absolute atomic E-state index is 0.0896. The molecule has 0 saturated heterocycles. The zero-order valence-electron chi connectivity index (χ0n) is 33.5. The number of aryl methyl sites for hydroxylation is 2. The number of anilines is 6. The van der Waals surface area contributed by atoms with Gasteiger partial charge in [-0.1, -0.05) is 0 Å². The van der Waals surface area contributed by atoms with Crippen molar-refractivity contribution in [2.75, 3.05) is 34.4 Å². The Morgan fingerprint density at radius 2 is 1.33 bits per heavy atom. The zero-order valence-corrected chi connectivity index (χ0v) is 33.5. The van der Waals surface area contributed by atoms with Gasteiger partial charge >= 0.3 is 0 Å². The molecule has 5 N–H and O–H groups in total. The van der Waals surface area contributed by atoms with Gasteiger partial charge in [-0.15, -0.1) is 0 Å². The van der Waals surface area contributed by atoms with Gasteiger partial charge in [-0.2, -0.15) is 0 Å². The molecule has 58 heavy (non-hydrogen) atoms. The number of fused-ring (bicyclic) bond motifs is 2. The van der Waals surface area contributed by atoms with Crippen LogP contribution in [0.4, 0.5) is 34.9 Å². The second-order valence-corrected chi connectivity index (χ2v) is 16.2. The molecule has 0 bridgehead atoms. The fraction of sp³-hybridized carbons (Fsp3) is 0.419. The Morgan fingerprint density at radius 1 is 0.741 bits per heavy atom. The zero-order chi connectivity index (χ0) is 40.4. The van der Waals surface area contributed by atoms with Crippen LogP contribution >= 0.6 is 0 Å². The van der Waals surface area contributed by atoms with Crippen LogP contribution in [0.1, 0.15) is 66.2 Å². The Kier molecular flexibility index (Phi) is 10.7.